The molecule has 2 heterocycles. The van der Waals surface area contributed by atoms with Crippen molar-refractivity contribution in [3.8, 4) is 5.75 Å². The lowest BCUT2D eigenvalue weighted by Gasteiger charge is -2.21. The van der Waals surface area contributed by atoms with E-state index in [9.17, 15) is 13.2 Å². The zero-order valence-electron chi connectivity index (χ0n) is 15.5. The van der Waals surface area contributed by atoms with Gasteiger partial charge in [-0.2, -0.15) is 4.31 Å². The van der Waals surface area contributed by atoms with E-state index in [1.807, 2.05) is 18.4 Å². The zero-order chi connectivity index (χ0) is 19.4. The summed E-state index contributed by atoms with van der Waals surface area (Å²) in [6.45, 7) is 2.93. The normalized spacial score (nSPS) is 15.9. The summed E-state index contributed by atoms with van der Waals surface area (Å²) in [5.74, 6) is 0.150. The number of ether oxygens (including phenoxy) is 1. The molecule has 27 heavy (non-hydrogen) atoms. The van der Waals surface area contributed by atoms with Gasteiger partial charge in [0.2, 0.25) is 10.0 Å². The van der Waals surface area contributed by atoms with Crippen molar-refractivity contribution in [1.29, 1.82) is 0 Å². The average Bonchev–Trinajstić information content (AvgIpc) is 2.91. The van der Waals surface area contributed by atoms with Crippen molar-refractivity contribution < 1.29 is 17.9 Å². The number of sulfonamides is 1. The maximum Gasteiger partial charge on any atom is 0.266 e. The van der Waals surface area contributed by atoms with E-state index in [0.29, 0.717) is 29.4 Å². The van der Waals surface area contributed by atoms with Gasteiger partial charge in [0.1, 0.15) is 5.75 Å². The Morgan fingerprint density at radius 2 is 1.85 bits per heavy atom. The molecule has 0 spiro atoms. The molecule has 6 nitrogen and oxygen atoms in total. The Balaban J connectivity index is 1.91. The van der Waals surface area contributed by atoms with Gasteiger partial charge in [-0.15, -0.1) is 11.3 Å². The van der Waals surface area contributed by atoms with E-state index in [-0.39, 0.29) is 10.8 Å². The maximum absolute atomic E-state index is 13.0. The third kappa shape index (κ3) is 4.34. The fraction of sp³-hybridized carbons (Fsp3) is 0.421. The van der Waals surface area contributed by atoms with Gasteiger partial charge in [0.05, 0.1) is 22.6 Å². The number of aryl methyl sites for hydroxylation is 1. The summed E-state index contributed by atoms with van der Waals surface area (Å²) in [6.07, 6.45) is 3.85. The summed E-state index contributed by atoms with van der Waals surface area (Å²) in [6, 6.07) is 6.48. The number of nitrogens with zero attached hydrogens (tertiary/aromatic N) is 1. The summed E-state index contributed by atoms with van der Waals surface area (Å²) >= 11 is 1.35. The number of thiophene rings is 1. The number of benzene rings is 1. The Labute approximate surface area is 164 Å². The third-order valence-corrected chi connectivity index (χ3v) is 7.60. The summed E-state index contributed by atoms with van der Waals surface area (Å²) < 4.78 is 32.9. The highest BCUT2D eigenvalue weighted by Gasteiger charge is 2.26. The number of anilines is 1. The lowest BCUT2D eigenvalue weighted by molar-refractivity contribution is 0.102. The molecule has 1 aromatic heterocycles. The molecule has 1 aromatic carbocycles. The van der Waals surface area contributed by atoms with Crippen LogP contribution >= 0.6 is 11.3 Å². The molecular formula is C19H24N2O4S2. The zero-order valence-corrected chi connectivity index (χ0v) is 17.2. The lowest BCUT2D eigenvalue weighted by atomic mass is 10.2. The van der Waals surface area contributed by atoms with Crippen LogP contribution in [0.5, 0.6) is 5.75 Å². The number of amides is 1. The molecule has 0 aliphatic carbocycles. The second-order valence-corrected chi connectivity index (χ2v) is 9.42. The fourth-order valence-electron chi connectivity index (χ4n) is 3.16. The van der Waals surface area contributed by atoms with Gasteiger partial charge in [-0.3, -0.25) is 4.79 Å². The van der Waals surface area contributed by atoms with Gasteiger partial charge in [-0.05, 0) is 55.0 Å². The molecule has 0 radical (unpaired) electrons. The van der Waals surface area contributed by atoms with Gasteiger partial charge in [-0.25, -0.2) is 8.42 Å². The highest BCUT2D eigenvalue weighted by atomic mass is 32.2. The number of hydrogen-bond donors (Lipinski definition) is 1. The van der Waals surface area contributed by atoms with Crippen molar-refractivity contribution >= 4 is 33.0 Å². The Kier molecular flexibility index (Phi) is 6.18. The molecule has 1 aliphatic heterocycles. The Hall–Kier alpha value is -1.90. The van der Waals surface area contributed by atoms with Gasteiger partial charge in [0.25, 0.3) is 5.91 Å². The van der Waals surface area contributed by atoms with Crippen LogP contribution in [0.2, 0.25) is 0 Å². The van der Waals surface area contributed by atoms with E-state index in [1.165, 1.54) is 34.9 Å². The first-order valence-corrected chi connectivity index (χ1v) is 11.3. The van der Waals surface area contributed by atoms with Crippen molar-refractivity contribution in [2.75, 3.05) is 25.5 Å². The second-order valence-electron chi connectivity index (χ2n) is 6.57. The topological polar surface area (TPSA) is 75.7 Å². The molecule has 146 valence electrons. The van der Waals surface area contributed by atoms with Crippen LogP contribution in [0.1, 0.15) is 40.9 Å². The minimum Gasteiger partial charge on any atom is -0.495 e. The predicted molar refractivity (Wildman–Crippen MR) is 107 cm³/mol. The molecular weight excluding hydrogens is 384 g/mol. The maximum atomic E-state index is 13.0. The largest absolute Gasteiger partial charge is 0.495 e. The monoisotopic (exact) mass is 408 g/mol. The molecule has 8 heteroatoms. The van der Waals surface area contributed by atoms with Crippen LogP contribution in [0.4, 0.5) is 5.69 Å². The van der Waals surface area contributed by atoms with E-state index >= 15 is 0 Å². The SMILES string of the molecule is COc1ccc(S(=O)(=O)N2CCCCCC2)cc1NC(=O)c1sccc1C. The highest BCUT2D eigenvalue weighted by molar-refractivity contribution is 7.89. The third-order valence-electron chi connectivity index (χ3n) is 4.69. The number of methoxy groups -OCH3 is 1. The van der Waals surface area contributed by atoms with E-state index in [4.69, 9.17) is 4.74 Å². The summed E-state index contributed by atoms with van der Waals surface area (Å²) in [5, 5.41) is 4.64. The smallest absolute Gasteiger partial charge is 0.266 e. The molecule has 2 aromatic rings. The summed E-state index contributed by atoms with van der Waals surface area (Å²) in [7, 11) is -2.11. The molecule has 0 unspecified atom stereocenters. The van der Waals surface area contributed by atoms with E-state index in [1.54, 1.807) is 6.07 Å². The van der Waals surface area contributed by atoms with Crippen LogP contribution < -0.4 is 10.1 Å². The van der Waals surface area contributed by atoms with Gasteiger partial charge in [0.15, 0.2) is 0 Å². The Morgan fingerprint density at radius 1 is 1.15 bits per heavy atom. The van der Waals surface area contributed by atoms with Crippen molar-refractivity contribution in [2.45, 2.75) is 37.5 Å². The molecule has 0 atom stereocenters. The van der Waals surface area contributed by atoms with Gasteiger partial charge >= 0.3 is 0 Å². The molecule has 3 rings (SSSR count). The lowest BCUT2D eigenvalue weighted by Crippen LogP contribution is -2.32. The first-order valence-electron chi connectivity index (χ1n) is 8.97. The molecule has 0 bridgehead atoms. The van der Waals surface area contributed by atoms with E-state index in [0.717, 1.165) is 31.2 Å². The van der Waals surface area contributed by atoms with Crippen molar-refractivity contribution in [1.82, 2.24) is 4.31 Å². The molecule has 1 fully saturated rings. The van der Waals surface area contributed by atoms with Crippen LogP contribution in [0.25, 0.3) is 0 Å². The fourth-order valence-corrected chi connectivity index (χ4v) is 5.52. The van der Waals surface area contributed by atoms with Crippen molar-refractivity contribution in [3.05, 3.63) is 40.1 Å². The summed E-state index contributed by atoms with van der Waals surface area (Å²) in [5.41, 5.74) is 1.23. The molecule has 1 saturated heterocycles. The first kappa shape index (κ1) is 19.9. The minimum absolute atomic E-state index is 0.170. The number of hydrogen-bond acceptors (Lipinski definition) is 5. The quantitative estimate of drug-likeness (QED) is 0.815. The average molecular weight is 409 g/mol. The number of carbonyl (C=O) groups excluding carboxylic acids is 1. The predicted octanol–water partition coefficient (Wildman–Crippen LogP) is 3.88. The standard InChI is InChI=1S/C19H24N2O4S2/c1-14-9-12-26-18(14)19(22)20-16-13-15(7-8-17(16)25-2)27(23,24)21-10-5-3-4-6-11-21/h7-9,12-13H,3-6,10-11H2,1-2H3,(H,20,22). The minimum atomic E-state index is -3.60. The molecule has 1 N–H and O–H groups in total. The van der Waals surface area contributed by atoms with Crippen molar-refractivity contribution in [2.24, 2.45) is 0 Å². The second kappa shape index (κ2) is 8.41. The van der Waals surface area contributed by atoms with Crippen LogP contribution in [0, 0.1) is 6.92 Å². The van der Waals surface area contributed by atoms with Crippen LogP contribution in [-0.4, -0.2) is 38.8 Å². The van der Waals surface area contributed by atoms with Gasteiger partial charge < -0.3 is 10.1 Å². The highest BCUT2D eigenvalue weighted by Crippen LogP contribution is 2.30. The Bertz CT molecular complexity index is 914. The number of nitrogens with one attached hydrogen (secondary N) is 1. The van der Waals surface area contributed by atoms with Gasteiger partial charge in [0, 0.05) is 13.1 Å². The Morgan fingerprint density at radius 3 is 2.44 bits per heavy atom. The summed E-state index contributed by atoms with van der Waals surface area (Å²) in [4.78, 5) is 13.3. The van der Waals surface area contributed by atoms with Crippen LogP contribution in [0.3, 0.4) is 0 Å². The van der Waals surface area contributed by atoms with E-state index in [2.05, 4.69) is 5.32 Å². The van der Waals surface area contributed by atoms with Gasteiger partial charge in [-0.1, -0.05) is 12.8 Å². The molecule has 0 saturated carbocycles. The molecule has 1 amide bonds. The van der Waals surface area contributed by atoms with Crippen LogP contribution in [0.15, 0.2) is 34.5 Å². The first-order chi connectivity index (χ1) is 12.9. The number of carbonyl (C=O) groups is 1. The van der Waals surface area contributed by atoms with E-state index < -0.39 is 10.0 Å². The molecule has 1 aliphatic rings. The van der Waals surface area contributed by atoms with Crippen molar-refractivity contribution in [3.63, 3.8) is 0 Å². The number of rotatable bonds is 5. The van der Waals surface area contributed by atoms with Crippen LogP contribution in [-0.2, 0) is 10.0 Å².